The average molecular weight is 299 g/mol. The van der Waals surface area contributed by atoms with E-state index in [9.17, 15) is 0 Å². The summed E-state index contributed by atoms with van der Waals surface area (Å²) in [6.45, 7) is 10.4. The summed E-state index contributed by atoms with van der Waals surface area (Å²) in [5, 5.41) is 0. The maximum absolute atomic E-state index is 6.05. The van der Waals surface area contributed by atoms with Crippen LogP contribution in [0.25, 0.3) is 0 Å². The van der Waals surface area contributed by atoms with E-state index in [1.807, 2.05) is 0 Å². The lowest BCUT2D eigenvalue weighted by atomic mass is 10.1. The maximum Gasteiger partial charge on any atom is 0.119 e. The standard InChI is InChI=1S/C16H26N2O.ClH/c1-12(2)11-19-15-6-4-14(5-7-15)9-18-8-13(3)16(17)10-18;/h4-7,12-13,16H,8-11,17H2,1-3H3;1H. The van der Waals surface area contributed by atoms with Crippen LogP contribution in [0.4, 0.5) is 0 Å². The third-order valence-corrected chi connectivity index (χ3v) is 3.66. The molecule has 1 aliphatic rings. The highest BCUT2D eigenvalue weighted by Crippen LogP contribution is 2.19. The molecule has 3 nitrogen and oxygen atoms in total. The SMILES string of the molecule is CC(C)COc1ccc(CN2CC(C)C(N)C2)cc1.Cl. The molecule has 0 bridgehead atoms. The van der Waals surface area contributed by atoms with Crippen LogP contribution in [0.15, 0.2) is 24.3 Å². The Kier molecular flexibility index (Phi) is 6.80. The molecule has 1 heterocycles. The van der Waals surface area contributed by atoms with Gasteiger partial charge in [-0.05, 0) is 29.5 Å². The molecule has 2 unspecified atom stereocenters. The maximum atomic E-state index is 6.05. The highest BCUT2D eigenvalue weighted by molar-refractivity contribution is 5.85. The number of halogens is 1. The fourth-order valence-corrected chi connectivity index (χ4v) is 2.44. The van der Waals surface area contributed by atoms with Gasteiger partial charge in [0.05, 0.1) is 6.61 Å². The van der Waals surface area contributed by atoms with Gasteiger partial charge in [0.25, 0.3) is 0 Å². The molecule has 0 saturated carbocycles. The van der Waals surface area contributed by atoms with Crippen molar-refractivity contribution in [3.63, 3.8) is 0 Å². The van der Waals surface area contributed by atoms with E-state index in [1.54, 1.807) is 0 Å². The number of rotatable bonds is 5. The van der Waals surface area contributed by atoms with Gasteiger partial charge < -0.3 is 10.5 Å². The highest BCUT2D eigenvalue weighted by atomic mass is 35.5. The van der Waals surface area contributed by atoms with Gasteiger partial charge in [-0.1, -0.05) is 32.9 Å². The molecule has 20 heavy (non-hydrogen) atoms. The first kappa shape index (κ1) is 17.3. The monoisotopic (exact) mass is 298 g/mol. The molecular formula is C16H27ClN2O. The van der Waals surface area contributed by atoms with Crippen molar-refractivity contribution in [3.8, 4) is 5.75 Å². The van der Waals surface area contributed by atoms with Crippen molar-refractivity contribution in [2.24, 2.45) is 17.6 Å². The van der Waals surface area contributed by atoms with Crippen molar-refractivity contribution >= 4 is 12.4 Å². The molecule has 114 valence electrons. The van der Waals surface area contributed by atoms with Crippen LogP contribution in [0, 0.1) is 11.8 Å². The molecule has 1 aromatic carbocycles. The Morgan fingerprint density at radius 2 is 1.90 bits per heavy atom. The lowest BCUT2D eigenvalue weighted by Gasteiger charge is -2.15. The second kappa shape index (κ2) is 7.87. The first-order valence-corrected chi connectivity index (χ1v) is 7.24. The van der Waals surface area contributed by atoms with Crippen molar-refractivity contribution in [3.05, 3.63) is 29.8 Å². The third-order valence-electron chi connectivity index (χ3n) is 3.66. The van der Waals surface area contributed by atoms with Gasteiger partial charge >= 0.3 is 0 Å². The number of nitrogens with zero attached hydrogens (tertiary/aromatic N) is 1. The van der Waals surface area contributed by atoms with Gasteiger partial charge in [-0.2, -0.15) is 0 Å². The second-order valence-electron chi connectivity index (χ2n) is 6.18. The molecule has 1 aromatic rings. The molecule has 4 heteroatoms. The molecule has 2 rings (SSSR count). The van der Waals surface area contributed by atoms with Crippen LogP contribution in [-0.4, -0.2) is 30.6 Å². The summed E-state index contributed by atoms with van der Waals surface area (Å²) < 4.78 is 5.69. The second-order valence-corrected chi connectivity index (χ2v) is 6.18. The van der Waals surface area contributed by atoms with Crippen LogP contribution in [0.1, 0.15) is 26.3 Å². The molecule has 2 N–H and O–H groups in total. The zero-order valence-corrected chi connectivity index (χ0v) is 13.5. The quantitative estimate of drug-likeness (QED) is 0.908. The van der Waals surface area contributed by atoms with Gasteiger partial charge in [0, 0.05) is 25.7 Å². The van der Waals surface area contributed by atoms with Crippen LogP contribution in [0.3, 0.4) is 0 Å². The Balaban J connectivity index is 0.00000200. The van der Waals surface area contributed by atoms with Crippen molar-refractivity contribution in [2.75, 3.05) is 19.7 Å². The summed E-state index contributed by atoms with van der Waals surface area (Å²) in [5.41, 5.74) is 7.38. The van der Waals surface area contributed by atoms with Gasteiger partial charge in [0.15, 0.2) is 0 Å². The molecule has 1 saturated heterocycles. The van der Waals surface area contributed by atoms with E-state index < -0.39 is 0 Å². The lowest BCUT2D eigenvalue weighted by Crippen LogP contribution is -2.28. The number of hydrogen-bond acceptors (Lipinski definition) is 3. The van der Waals surface area contributed by atoms with Gasteiger partial charge in [0.2, 0.25) is 0 Å². The number of hydrogen-bond donors (Lipinski definition) is 1. The van der Waals surface area contributed by atoms with E-state index in [2.05, 4.69) is 49.9 Å². The predicted octanol–water partition coefficient (Wildman–Crippen LogP) is 2.92. The molecule has 2 atom stereocenters. The normalized spacial score (nSPS) is 22.9. The highest BCUT2D eigenvalue weighted by Gasteiger charge is 2.26. The summed E-state index contributed by atoms with van der Waals surface area (Å²) in [6, 6.07) is 8.77. The van der Waals surface area contributed by atoms with Gasteiger partial charge in [-0.15, -0.1) is 12.4 Å². The van der Waals surface area contributed by atoms with Gasteiger partial charge in [-0.25, -0.2) is 0 Å². The minimum absolute atomic E-state index is 0. The fraction of sp³-hybridized carbons (Fsp3) is 0.625. The number of nitrogens with two attached hydrogens (primary N) is 1. The summed E-state index contributed by atoms with van der Waals surface area (Å²) in [7, 11) is 0. The van der Waals surface area contributed by atoms with E-state index in [1.165, 1.54) is 5.56 Å². The van der Waals surface area contributed by atoms with E-state index in [0.717, 1.165) is 32.0 Å². The largest absolute Gasteiger partial charge is 0.493 e. The van der Waals surface area contributed by atoms with Crippen LogP contribution >= 0.6 is 12.4 Å². The predicted molar refractivity (Wildman–Crippen MR) is 86.4 cm³/mol. The summed E-state index contributed by atoms with van der Waals surface area (Å²) in [4.78, 5) is 2.43. The molecule has 0 radical (unpaired) electrons. The first-order chi connectivity index (χ1) is 9.04. The molecule has 0 aromatic heterocycles. The van der Waals surface area contributed by atoms with E-state index in [4.69, 9.17) is 10.5 Å². The minimum atomic E-state index is 0. The molecule has 0 aliphatic carbocycles. The van der Waals surface area contributed by atoms with Crippen molar-refractivity contribution in [1.29, 1.82) is 0 Å². The van der Waals surface area contributed by atoms with E-state index in [-0.39, 0.29) is 12.4 Å². The smallest absolute Gasteiger partial charge is 0.119 e. The summed E-state index contributed by atoms with van der Waals surface area (Å²) >= 11 is 0. The van der Waals surface area contributed by atoms with Crippen molar-refractivity contribution in [2.45, 2.75) is 33.4 Å². The van der Waals surface area contributed by atoms with Crippen molar-refractivity contribution in [1.82, 2.24) is 4.90 Å². The molecule has 1 aliphatic heterocycles. The Morgan fingerprint density at radius 3 is 2.40 bits per heavy atom. The molecule has 0 amide bonds. The molecule has 0 spiro atoms. The van der Waals surface area contributed by atoms with Crippen molar-refractivity contribution < 1.29 is 4.74 Å². The third kappa shape index (κ3) is 4.97. The Morgan fingerprint density at radius 1 is 1.25 bits per heavy atom. The number of ether oxygens (including phenoxy) is 1. The zero-order valence-electron chi connectivity index (χ0n) is 12.7. The summed E-state index contributed by atoms with van der Waals surface area (Å²) in [5.74, 6) is 2.13. The minimum Gasteiger partial charge on any atom is -0.493 e. The van der Waals surface area contributed by atoms with E-state index in [0.29, 0.717) is 17.9 Å². The zero-order chi connectivity index (χ0) is 13.8. The van der Waals surface area contributed by atoms with Crippen LogP contribution < -0.4 is 10.5 Å². The van der Waals surface area contributed by atoms with Gasteiger partial charge in [-0.3, -0.25) is 4.90 Å². The summed E-state index contributed by atoms with van der Waals surface area (Å²) in [6.07, 6.45) is 0. The van der Waals surface area contributed by atoms with E-state index >= 15 is 0 Å². The number of likely N-dealkylation sites (tertiary alicyclic amines) is 1. The Labute approximate surface area is 128 Å². The van der Waals surface area contributed by atoms with Crippen LogP contribution in [0.5, 0.6) is 5.75 Å². The first-order valence-electron chi connectivity index (χ1n) is 7.24. The fourth-order valence-electron chi connectivity index (χ4n) is 2.44. The topological polar surface area (TPSA) is 38.5 Å². The molecule has 1 fully saturated rings. The van der Waals surface area contributed by atoms with Crippen LogP contribution in [0.2, 0.25) is 0 Å². The van der Waals surface area contributed by atoms with Crippen LogP contribution in [-0.2, 0) is 6.54 Å². The number of benzene rings is 1. The Bertz CT molecular complexity index is 384. The lowest BCUT2D eigenvalue weighted by molar-refractivity contribution is 0.270. The van der Waals surface area contributed by atoms with Gasteiger partial charge in [0.1, 0.15) is 5.75 Å². The molecular weight excluding hydrogens is 272 g/mol. The Hall–Kier alpha value is -0.770. The average Bonchev–Trinajstić information content (AvgIpc) is 2.67.